The zero-order chi connectivity index (χ0) is 34.1. The third-order valence-electron chi connectivity index (χ3n) is 9.35. The van der Waals surface area contributed by atoms with E-state index in [9.17, 15) is 0 Å². The summed E-state index contributed by atoms with van der Waals surface area (Å²) in [6, 6.07) is 44.6. The van der Waals surface area contributed by atoms with Crippen molar-refractivity contribution in [2.45, 2.75) is 33.1 Å². The molecule has 0 fully saturated rings. The first-order chi connectivity index (χ1) is 23.5. The van der Waals surface area contributed by atoms with Crippen molar-refractivity contribution >= 4 is 32.8 Å². The molecule has 0 N–H and O–H groups in total. The summed E-state index contributed by atoms with van der Waals surface area (Å²) < 4.78 is 29.8. The van der Waals surface area contributed by atoms with E-state index in [0.29, 0.717) is 5.52 Å². The minimum Gasteiger partial charge on any atom is -0.319 e. The van der Waals surface area contributed by atoms with Gasteiger partial charge in [0.2, 0.25) is 0 Å². The monoisotopic (exact) mass is 793 g/mol. The average molecular weight is 794 g/mol. The second-order valence-electron chi connectivity index (χ2n) is 12.6. The number of para-hydroxylation sites is 3. The van der Waals surface area contributed by atoms with Crippen molar-refractivity contribution < 1.29 is 25.2 Å². The molecule has 0 amide bonds. The SMILES string of the molecule is [2H]C([2H])([2H])n1[cH+]n(-c2[c-]c(C(C)(C)c3[c-]c4c(cc3)c3ccccc3n4-c3cc(-c4c(C)cccc4C)ccn3)ccc2)c2ccccc21.[Pt]. The fourth-order valence-corrected chi connectivity index (χ4v) is 6.87. The van der Waals surface area contributed by atoms with Crippen LogP contribution < -0.4 is 0 Å². The molecular weight excluding hydrogens is 756 g/mol. The number of hydrogen-bond acceptors (Lipinski definition) is 1. The van der Waals surface area contributed by atoms with Gasteiger partial charge in [0.15, 0.2) is 17.4 Å². The van der Waals surface area contributed by atoms with Gasteiger partial charge in [-0.2, -0.15) is 35.9 Å². The molecule has 0 aliphatic carbocycles. The van der Waals surface area contributed by atoms with Crippen LogP contribution in [-0.2, 0) is 33.5 Å². The van der Waals surface area contributed by atoms with Crippen molar-refractivity contribution in [1.29, 1.82) is 0 Å². The van der Waals surface area contributed by atoms with Gasteiger partial charge in [-0.05, 0) is 77.2 Å². The number of fused-ring (bicyclic) bond motifs is 4. The van der Waals surface area contributed by atoms with Gasteiger partial charge in [-0.15, -0.1) is 23.1 Å². The molecule has 8 rings (SSSR count). The molecule has 0 saturated carbocycles. The van der Waals surface area contributed by atoms with E-state index in [1.54, 1.807) is 6.33 Å². The summed E-state index contributed by atoms with van der Waals surface area (Å²) in [7, 11) is 0. The van der Waals surface area contributed by atoms with Crippen LogP contribution >= 0.6 is 0 Å². The van der Waals surface area contributed by atoms with Gasteiger partial charge in [0.25, 0.3) is 0 Å². The van der Waals surface area contributed by atoms with Crippen LogP contribution in [0.5, 0.6) is 0 Å². The molecule has 3 heterocycles. The molecule has 4 nitrogen and oxygen atoms in total. The predicted octanol–water partition coefficient (Wildman–Crippen LogP) is 9.95. The summed E-state index contributed by atoms with van der Waals surface area (Å²) in [5.41, 5.74) is 10.6. The molecule has 0 aliphatic heterocycles. The van der Waals surface area contributed by atoms with Gasteiger partial charge in [0.05, 0.1) is 0 Å². The van der Waals surface area contributed by atoms with Crippen molar-refractivity contribution in [1.82, 2.24) is 18.7 Å². The Hall–Kier alpha value is -4.79. The van der Waals surface area contributed by atoms with Crippen molar-refractivity contribution in [2.75, 3.05) is 0 Å². The molecule has 0 spiro atoms. The van der Waals surface area contributed by atoms with E-state index in [0.717, 1.165) is 55.5 Å². The van der Waals surface area contributed by atoms with Crippen LogP contribution in [0, 0.1) is 26.0 Å². The molecule has 0 atom stereocenters. The maximum atomic E-state index is 8.11. The molecule has 234 valence electrons. The number of pyridine rings is 1. The maximum Gasteiger partial charge on any atom is 0.188 e. The van der Waals surface area contributed by atoms with Gasteiger partial charge >= 0.3 is 0 Å². The van der Waals surface area contributed by atoms with E-state index in [1.807, 2.05) is 47.2 Å². The van der Waals surface area contributed by atoms with Gasteiger partial charge in [-0.25, -0.2) is 14.1 Å². The van der Waals surface area contributed by atoms with Crippen LogP contribution in [0.4, 0.5) is 0 Å². The Morgan fingerprint density at radius 1 is 0.723 bits per heavy atom. The molecule has 5 heteroatoms. The fraction of sp³-hybridized carbons (Fsp3) is 0.143. The van der Waals surface area contributed by atoms with E-state index in [2.05, 4.69) is 117 Å². The Balaban J connectivity index is 0.00000392. The molecule has 3 aromatic heterocycles. The quantitative estimate of drug-likeness (QED) is 0.160. The van der Waals surface area contributed by atoms with Crippen LogP contribution in [0.25, 0.3) is 55.5 Å². The van der Waals surface area contributed by atoms with Crippen LogP contribution in [0.1, 0.15) is 40.2 Å². The summed E-state index contributed by atoms with van der Waals surface area (Å²) in [6.07, 6.45) is 3.54. The summed E-state index contributed by atoms with van der Waals surface area (Å²) in [4.78, 5) is 4.90. The zero-order valence-corrected chi connectivity index (χ0v) is 28.9. The second kappa shape index (κ2) is 11.8. The van der Waals surface area contributed by atoms with E-state index in [1.165, 1.54) is 21.3 Å². The Bertz CT molecular complexity index is 2540. The minimum absolute atomic E-state index is 0. The average Bonchev–Trinajstić information content (AvgIpc) is 3.65. The number of nitrogens with zero attached hydrogens (tertiary/aromatic N) is 4. The normalized spacial score (nSPS) is 13.0. The Kier molecular flexibility index (Phi) is 6.85. The molecular formula is C42H35N4Pt-. The van der Waals surface area contributed by atoms with Crippen LogP contribution in [-0.4, -0.2) is 18.7 Å². The van der Waals surface area contributed by atoms with Gasteiger partial charge in [0.1, 0.15) is 5.82 Å². The van der Waals surface area contributed by atoms with Crippen molar-refractivity contribution in [3.63, 3.8) is 0 Å². The minimum atomic E-state index is -2.31. The third-order valence-corrected chi connectivity index (χ3v) is 9.35. The van der Waals surface area contributed by atoms with Crippen LogP contribution in [0.2, 0.25) is 0 Å². The third kappa shape index (κ3) is 5.03. The summed E-state index contributed by atoms with van der Waals surface area (Å²) in [6.45, 7) is 6.37. The molecule has 0 saturated heterocycles. The Morgan fingerprint density at radius 3 is 2.21 bits per heavy atom. The zero-order valence-electron chi connectivity index (χ0n) is 29.7. The summed E-state index contributed by atoms with van der Waals surface area (Å²) in [5.74, 6) is 0.841. The first kappa shape index (κ1) is 27.3. The Labute approximate surface area is 294 Å². The van der Waals surface area contributed by atoms with Gasteiger partial charge in [-0.3, -0.25) is 0 Å². The van der Waals surface area contributed by atoms with Gasteiger partial charge in [0, 0.05) is 61.7 Å². The topological polar surface area (TPSA) is 27.7 Å². The van der Waals surface area contributed by atoms with Crippen molar-refractivity contribution in [3.8, 4) is 22.6 Å². The fourth-order valence-electron chi connectivity index (χ4n) is 6.87. The maximum absolute atomic E-state index is 8.11. The first-order valence-corrected chi connectivity index (χ1v) is 15.6. The number of aromatic nitrogens is 4. The second-order valence-corrected chi connectivity index (χ2v) is 12.6. The van der Waals surface area contributed by atoms with Crippen molar-refractivity contribution in [2.24, 2.45) is 6.98 Å². The molecule has 47 heavy (non-hydrogen) atoms. The molecule has 8 aromatic rings. The van der Waals surface area contributed by atoms with Crippen LogP contribution in [0.3, 0.4) is 0 Å². The molecule has 5 aromatic carbocycles. The standard InChI is InChI=1S/C42H35N4.Pt/c1-28-12-10-13-29(2)41(28)30-22-23-43-40(24-30)46-36-17-7-6-16-34(36)35-21-20-32(26-39(35)46)42(3,4)31-14-11-15-33(25-31)45-27-44(5)37-18-8-9-19-38(37)45;/h6-24,27H,1-5H3;/q-1;/i5D3;. The summed E-state index contributed by atoms with van der Waals surface area (Å²) >= 11 is 0. The number of hydrogen-bond donors (Lipinski definition) is 0. The van der Waals surface area contributed by atoms with Gasteiger partial charge in [-0.1, -0.05) is 55.8 Å². The van der Waals surface area contributed by atoms with Crippen molar-refractivity contribution in [3.05, 3.63) is 156 Å². The summed E-state index contributed by atoms with van der Waals surface area (Å²) in [5, 5.41) is 2.26. The molecule has 0 bridgehead atoms. The van der Waals surface area contributed by atoms with Gasteiger partial charge < -0.3 is 4.57 Å². The molecule has 0 radical (unpaired) electrons. The van der Waals surface area contributed by atoms with E-state index in [4.69, 9.17) is 9.10 Å². The number of benzene rings is 5. The van der Waals surface area contributed by atoms with Crippen LogP contribution in [0.15, 0.2) is 122 Å². The Morgan fingerprint density at radius 2 is 1.43 bits per heavy atom. The number of aryl methyl sites for hydroxylation is 3. The van der Waals surface area contributed by atoms with E-state index >= 15 is 0 Å². The first-order valence-electron chi connectivity index (χ1n) is 17.1. The van der Waals surface area contributed by atoms with E-state index in [-0.39, 0.29) is 21.1 Å². The van der Waals surface area contributed by atoms with E-state index < -0.39 is 12.4 Å². The number of imidazole rings is 1. The number of rotatable bonds is 5. The largest absolute Gasteiger partial charge is 0.319 e. The molecule has 0 unspecified atom stereocenters. The molecule has 0 aliphatic rings. The smallest absolute Gasteiger partial charge is 0.188 e. The predicted molar refractivity (Wildman–Crippen MR) is 190 cm³/mol.